The predicted molar refractivity (Wildman–Crippen MR) is 91.0 cm³/mol. The van der Waals surface area contributed by atoms with Crippen molar-refractivity contribution in [3.8, 4) is 0 Å². The van der Waals surface area contributed by atoms with Crippen molar-refractivity contribution in [3.05, 3.63) is 53.3 Å². The van der Waals surface area contributed by atoms with Crippen LogP contribution in [0.2, 0.25) is 0 Å². The fraction of sp³-hybridized carbons (Fsp3) is 0.333. The van der Waals surface area contributed by atoms with Crippen molar-refractivity contribution in [2.24, 2.45) is 5.10 Å². The maximum atomic E-state index is 11.9. The van der Waals surface area contributed by atoms with Crippen molar-refractivity contribution in [1.82, 2.24) is 5.43 Å². The number of hydrogen-bond donors (Lipinski definition) is 1. The van der Waals surface area contributed by atoms with Crippen LogP contribution in [0.3, 0.4) is 0 Å². The molecule has 3 rings (SSSR count). The second-order valence-electron chi connectivity index (χ2n) is 5.79. The number of carbonyl (C=O) groups excluding carboxylic acids is 1. The molecule has 0 aliphatic carbocycles. The van der Waals surface area contributed by atoms with Crippen LogP contribution in [-0.2, 0) is 0 Å². The summed E-state index contributed by atoms with van der Waals surface area (Å²) in [4.78, 5) is 14.2. The van der Waals surface area contributed by atoms with E-state index in [-0.39, 0.29) is 5.91 Å². The molecule has 1 fully saturated rings. The number of aryl methyl sites for hydroxylation is 1. The van der Waals surface area contributed by atoms with Gasteiger partial charge in [0, 0.05) is 24.7 Å². The van der Waals surface area contributed by atoms with Crippen LogP contribution in [0.15, 0.2) is 45.9 Å². The van der Waals surface area contributed by atoms with E-state index in [0.717, 1.165) is 24.5 Å². The Balaban J connectivity index is 1.56. The summed E-state index contributed by atoms with van der Waals surface area (Å²) in [5.41, 5.74) is 4.21. The zero-order chi connectivity index (χ0) is 16.1. The van der Waals surface area contributed by atoms with E-state index in [1.165, 1.54) is 25.5 Å². The summed E-state index contributed by atoms with van der Waals surface area (Å²) in [7, 11) is 0. The average Bonchev–Trinajstić information content (AvgIpc) is 3.05. The lowest BCUT2D eigenvalue weighted by molar-refractivity contribution is 0.0955. The second-order valence-corrected chi connectivity index (χ2v) is 5.79. The Morgan fingerprint density at radius 2 is 1.87 bits per heavy atom. The minimum absolute atomic E-state index is 0.232. The van der Waals surface area contributed by atoms with Crippen LogP contribution in [0, 0.1) is 6.92 Å². The highest BCUT2D eigenvalue weighted by Crippen LogP contribution is 2.21. The summed E-state index contributed by atoms with van der Waals surface area (Å²) in [5.74, 6) is 1.27. The predicted octanol–water partition coefficient (Wildman–Crippen LogP) is 3.34. The third kappa shape index (κ3) is 4.00. The number of hydrogen-bond acceptors (Lipinski definition) is 4. The highest BCUT2D eigenvalue weighted by molar-refractivity contribution is 5.94. The number of carbonyl (C=O) groups is 1. The monoisotopic (exact) mass is 311 g/mol. The number of piperidine rings is 1. The molecule has 1 aliphatic heterocycles. The van der Waals surface area contributed by atoms with E-state index in [1.54, 1.807) is 12.1 Å². The fourth-order valence-corrected chi connectivity index (χ4v) is 2.62. The number of nitrogens with one attached hydrogen (secondary N) is 1. The molecule has 1 N–H and O–H groups in total. The van der Waals surface area contributed by atoms with E-state index >= 15 is 0 Å². The minimum atomic E-state index is -0.232. The molecule has 2 aromatic rings. The number of benzene rings is 1. The zero-order valence-corrected chi connectivity index (χ0v) is 13.3. The molecule has 1 aromatic heterocycles. The van der Waals surface area contributed by atoms with Crippen LogP contribution < -0.4 is 10.3 Å². The number of anilines is 1. The Labute approximate surface area is 136 Å². The van der Waals surface area contributed by atoms with Crippen molar-refractivity contribution in [2.75, 3.05) is 18.0 Å². The van der Waals surface area contributed by atoms with Gasteiger partial charge in [0.2, 0.25) is 0 Å². The van der Waals surface area contributed by atoms with Gasteiger partial charge in [0.1, 0.15) is 5.76 Å². The number of rotatable bonds is 4. The minimum Gasteiger partial charge on any atom is -0.440 e. The van der Waals surface area contributed by atoms with Gasteiger partial charge >= 0.3 is 0 Å². The quantitative estimate of drug-likeness (QED) is 0.696. The first-order valence-electron chi connectivity index (χ1n) is 7.97. The number of amides is 1. The molecular formula is C18H21N3O2. The average molecular weight is 311 g/mol. The molecule has 1 aromatic carbocycles. The molecule has 1 saturated heterocycles. The SMILES string of the molecule is Cc1ccc(C(=O)N/N=C/c2ccc(N3CCCCC3)o2)cc1. The van der Waals surface area contributed by atoms with Crippen molar-refractivity contribution in [1.29, 1.82) is 0 Å². The lowest BCUT2D eigenvalue weighted by atomic mass is 10.1. The van der Waals surface area contributed by atoms with Gasteiger partial charge in [-0.3, -0.25) is 4.79 Å². The summed E-state index contributed by atoms with van der Waals surface area (Å²) >= 11 is 0. The maximum absolute atomic E-state index is 11.9. The lowest BCUT2D eigenvalue weighted by Gasteiger charge is -2.25. The van der Waals surface area contributed by atoms with Gasteiger partial charge in [0.15, 0.2) is 5.88 Å². The smallest absolute Gasteiger partial charge is 0.271 e. The summed E-state index contributed by atoms with van der Waals surface area (Å²) in [5, 5.41) is 3.96. The normalized spacial score (nSPS) is 15.1. The van der Waals surface area contributed by atoms with E-state index in [4.69, 9.17) is 4.42 Å². The molecule has 5 nitrogen and oxygen atoms in total. The first-order chi connectivity index (χ1) is 11.2. The lowest BCUT2D eigenvalue weighted by Crippen LogP contribution is -2.28. The highest BCUT2D eigenvalue weighted by atomic mass is 16.4. The summed E-state index contributed by atoms with van der Waals surface area (Å²) in [6.45, 7) is 4.05. The van der Waals surface area contributed by atoms with Gasteiger partial charge in [0.25, 0.3) is 5.91 Å². The van der Waals surface area contributed by atoms with Crippen LogP contribution >= 0.6 is 0 Å². The van der Waals surface area contributed by atoms with E-state index in [0.29, 0.717) is 11.3 Å². The maximum Gasteiger partial charge on any atom is 0.271 e. The Hall–Kier alpha value is -2.56. The van der Waals surface area contributed by atoms with Gasteiger partial charge < -0.3 is 9.32 Å². The van der Waals surface area contributed by atoms with E-state index < -0.39 is 0 Å². The van der Waals surface area contributed by atoms with Crippen LogP contribution in [0.1, 0.15) is 40.9 Å². The topological polar surface area (TPSA) is 57.8 Å². The number of nitrogens with zero attached hydrogens (tertiary/aromatic N) is 2. The standard InChI is InChI=1S/C18H21N3O2/c1-14-5-7-15(8-6-14)18(22)20-19-13-16-9-10-17(23-16)21-11-3-2-4-12-21/h5-10,13H,2-4,11-12H2,1H3,(H,20,22)/b19-13+. The molecule has 1 aliphatic rings. The number of hydrazone groups is 1. The first-order valence-corrected chi connectivity index (χ1v) is 7.97. The highest BCUT2D eigenvalue weighted by Gasteiger charge is 2.13. The van der Waals surface area contributed by atoms with E-state index in [2.05, 4.69) is 15.4 Å². The molecule has 0 saturated carbocycles. The zero-order valence-electron chi connectivity index (χ0n) is 13.3. The summed E-state index contributed by atoms with van der Waals surface area (Å²) < 4.78 is 5.75. The van der Waals surface area contributed by atoms with Crippen molar-refractivity contribution in [3.63, 3.8) is 0 Å². The molecule has 0 unspecified atom stereocenters. The van der Waals surface area contributed by atoms with Crippen LogP contribution in [-0.4, -0.2) is 25.2 Å². The second kappa shape index (κ2) is 7.13. The molecule has 1 amide bonds. The Bertz CT molecular complexity index is 683. The van der Waals surface area contributed by atoms with Crippen LogP contribution in [0.5, 0.6) is 0 Å². The largest absolute Gasteiger partial charge is 0.440 e. The van der Waals surface area contributed by atoms with Gasteiger partial charge in [-0.1, -0.05) is 17.7 Å². The molecule has 5 heteroatoms. The van der Waals surface area contributed by atoms with E-state index in [1.807, 2.05) is 31.2 Å². The van der Waals surface area contributed by atoms with Gasteiger partial charge in [-0.2, -0.15) is 5.10 Å². The fourth-order valence-electron chi connectivity index (χ4n) is 2.62. The third-order valence-electron chi connectivity index (χ3n) is 3.95. The van der Waals surface area contributed by atoms with Crippen molar-refractivity contribution < 1.29 is 9.21 Å². The summed E-state index contributed by atoms with van der Waals surface area (Å²) in [6.07, 6.45) is 5.23. The van der Waals surface area contributed by atoms with Crippen molar-refractivity contribution >= 4 is 18.0 Å². The van der Waals surface area contributed by atoms with Crippen molar-refractivity contribution in [2.45, 2.75) is 26.2 Å². The van der Waals surface area contributed by atoms with Gasteiger partial charge in [-0.25, -0.2) is 5.43 Å². The Kier molecular flexibility index (Phi) is 4.76. The Morgan fingerprint density at radius 3 is 2.61 bits per heavy atom. The van der Waals surface area contributed by atoms with Crippen LogP contribution in [0.25, 0.3) is 0 Å². The Morgan fingerprint density at radius 1 is 1.13 bits per heavy atom. The van der Waals surface area contributed by atoms with Gasteiger partial charge in [-0.05, 0) is 44.4 Å². The molecule has 2 heterocycles. The van der Waals surface area contributed by atoms with Crippen LogP contribution in [0.4, 0.5) is 5.88 Å². The first kappa shape index (κ1) is 15.3. The van der Waals surface area contributed by atoms with E-state index in [9.17, 15) is 4.79 Å². The molecule has 0 spiro atoms. The summed E-state index contributed by atoms with van der Waals surface area (Å²) in [6, 6.07) is 11.2. The molecule has 120 valence electrons. The molecule has 23 heavy (non-hydrogen) atoms. The third-order valence-corrected chi connectivity index (χ3v) is 3.95. The molecule has 0 radical (unpaired) electrons. The molecular weight excluding hydrogens is 290 g/mol. The molecule has 0 bridgehead atoms. The number of furan rings is 1. The van der Waals surface area contributed by atoms with Gasteiger partial charge in [-0.15, -0.1) is 0 Å². The van der Waals surface area contributed by atoms with Gasteiger partial charge in [0.05, 0.1) is 6.21 Å². The molecule has 0 atom stereocenters.